The lowest BCUT2D eigenvalue weighted by molar-refractivity contribution is -0.118. The fourth-order valence-corrected chi connectivity index (χ4v) is 5.90. The molecule has 0 bridgehead atoms. The highest BCUT2D eigenvalue weighted by molar-refractivity contribution is 7.91. The molecule has 0 saturated heterocycles. The zero-order valence-corrected chi connectivity index (χ0v) is 18.1. The first-order chi connectivity index (χ1) is 14.4. The molecule has 2 aromatic carbocycles. The van der Waals surface area contributed by atoms with Crippen LogP contribution < -0.4 is 10.1 Å². The standard InChI is InChI=1S/C22H22N2O4S2/c1-16-4-8-20(9-5-16)28-15-21(25)23-19-7-6-17-10-11-24(14-18(17)13-19)30(26,27)22-3-2-12-29-22/h2-9,12-13H,10-11,14-15H2,1H3,(H,23,25). The van der Waals surface area contributed by atoms with E-state index < -0.39 is 10.0 Å². The fraction of sp³-hybridized carbons (Fsp3) is 0.227. The molecule has 30 heavy (non-hydrogen) atoms. The van der Waals surface area contributed by atoms with Crippen molar-refractivity contribution in [1.82, 2.24) is 4.31 Å². The molecule has 156 valence electrons. The number of fused-ring (bicyclic) bond motifs is 1. The number of aryl methyl sites for hydroxylation is 1. The van der Waals surface area contributed by atoms with E-state index in [1.54, 1.807) is 17.5 Å². The van der Waals surface area contributed by atoms with Gasteiger partial charge < -0.3 is 10.1 Å². The molecule has 0 spiro atoms. The van der Waals surface area contributed by atoms with Gasteiger partial charge in [-0.15, -0.1) is 11.3 Å². The van der Waals surface area contributed by atoms with E-state index >= 15 is 0 Å². The van der Waals surface area contributed by atoms with Crippen LogP contribution in [-0.4, -0.2) is 31.8 Å². The van der Waals surface area contributed by atoms with Crippen molar-refractivity contribution in [3.05, 3.63) is 76.7 Å². The number of anilines is 1. The summed E-state index contributed by atoms with van der Waals surface area (Å²) in [4.78, 5) is 12.3. The summed E-state index contributed by atoms with van der Waals surface area (Å²) in [5.74, 6) is 0.366. The summed E-state index contributed by atoms with van der Waals surface area (Å²) in [5.41, 5.74) is 3.75. The Kier molecular flexibility index (Phi) is 5.90. The Balaban J connectivity index is 1.41. The number of thiophene rings is 1. The van der Waals surface area contributed by atoms with Gasteiger partial charge in [-0.2, -0.15) is 4.31 Å². The van der Waals surface area contributed by atoms with Crippen LogP contribution in [0.1, 0.15) is 16.7 Å². The molecule has 1 aliphatic rings. The second-order valence-corrected chi connectivity index (χ2v) is 10.3. The van der Waals surface area contributed by atoms with Crippen LogP contribution in [0.2, 0.25) is 0 Å². The third kappa shape index (κ3) is 4.56. The Hall–Kier alpha value is -2.68. The summed E-state index contributed by atoms with van der Waals surface area (Å²) in [7, 11) is -3.50. The number of sulfonamides is 1. The number of amides is 1. The summed E-state index contributed by atoms with van der Waals surface area (Å²) in [6, 6.07) is 16.5. The highest BCUT2D eigenvalue weighted by Crippen LogP contribution is 2.28. The van der Waals surface area contributed by atoms with Crippen molar-refractivity contribution in [2.45, 2.75) is 24.1 Å². The molecule has 0 fully saturated rings. The second-order valence-electron chi connectivity index (χ2n) is 7.15. The van der Waals surface area contributed by atoms with Gasteiger partial charge in [0.1, 0.15) is 9.96 Å². The Labute approximate surface area is 180 Å². The lowest BCUT2D eigenvalue weighted by atomic mass is 10.0. The molecule has 8 heteroatoms. The van der Waals surface area contributed by atoms with Crippen molar-refractivity contribution >= 4 is 33.0 Å². The molecule has 3 aromatic rings. The van der Waals surface area contributed by atoms with Gasteiger partial charge in [-0.1, -0.05) is 29.8 Å². The van der Waals surface area contributed by atoms with Crippen LogP contribution in [-0.2, 0) is 27.8 Å². The lowest BCUT2D eigenvalue weighted by Gasteiger charge is -2.28. The minimum absolute atomic E-state index is 0.0982. The van der Waals surface area contributed by atoms with Crippen molar-refractivity contribution in [1.29, 1.82) is 0 Å². The van der Waals surface area contributed by atoms with Crippen molar-refractivity contribution < 1.29 is 17.9 Å². The molecule has 6 nitrogen and oxygen atoms in total. The zero-order valence-electron chi connectivity index (χ0n) is 16.5. The zero-order chi connectivity index (χ0) is 21.1. The fourth-order valence-electron chi connectivity index (χ4n) is 3.33. The van der Waals surface area contributed by atoms with E-state index in [2.05, 4.69) is 5.32 Å². The molecule has 0 saturated carbocycles. The van der Waals surface area contributed by atoms with E-state index in [9.17, 15) is 13.2 Å². The van der Waals surface area contributed by atoms with E-state index in [1.165, 1.54) is 15.6 Å². The van der Waals surface area contributed by atoms with Crippen LogP contribution in [0.4, 0.5) is 5.69 Å². The van der Waals surface area contributed by atoms with E-state index in [4.69, 9.17) is 4.74 Å². The molecular weight excluding hydrogens is 420 g/mol. The Morgan fingerprint density at radius 2 is 1.93 bits per heavy atom. The number of rotatable bonds is 6. The van der Waals surface area contributed by atoms with E-state index in [-0.39, 0.29) is 12.5 Å². The highest BCUT2D eigenvalue weighted by Gasteiger charge is 2.29. The summed E-state index contributed by atoms with van der Waals surface area (Å²) in [6.45, 7) is 2.63. The van der Waals surface area contributed by atoms with E-state index in [1.807, 2.05) is 49.4 Å². The first-order valence-electron chi connectivity index (χ1n) is 9.56. The summed E-state index contributed by atoms with van der Waals surface area (Å²) in [5, 5.41) is 4.59. The molecule has 1 aromatic heterocycles. The van der Waals surface area contributed by atoms with Gasteiger partial charge in [-0.05, 0) is 60.2 Å². The minimum atomic E-state index is -3.50. The maximum Gasteiger partial charge on any atom is 0.262 e. The van der Waals surface area contributed by atoms with Crippen LogP contribution in [0.25, 0.3) is 0 Å². The quantitative estimate of drug-likeness (QED) is 0.630. The molecule has 0 unspecified atom stereocenters. The van der Waals surface area contributed by atoms with Crippen LogP contribution in [0.3, 0.4) is 0 Å². The van der Waals surface area contributed by atoms with Crippen molar-refractivity contribution in [3.8, 4) is 5.75 Å². The number of nitrogens with one attached hydrogen (secondary N) is 1. The molecular formula is C22H22N2O4S2. The van der Waals surface area contributed by atoms with Crippen LogP contribution in [0.15, 0.2) is 64.2 Å². The molecule has 0 radical (unpaired) electrons. The molecule has 0 aliphatic carbocycles. The second kappa shape index (κ2) is 8.59. The van der Waals surface area contributed by atoms with Gasteiger partial charge in [-0.3, -0.25) is 4.79 Å². The first kappa shape index (κ1) is 20.6. The SMILES string of the molecule is Cc1ccc(OCC(=O)Nc2ccc3c(c2)CN(S(=O)(=O)c2cccs2)CC3)cc1. The normalized spacial score (nSPS) is 14.2. The van der Waals surface area contributed by atoms with Crippen molar-refractivity contribution in [2.24, 2.45) is 0 Å². The number of nitrogens with zero attached hydrogens (tertiary/aromatic N) is 1. The third-order valence-electron chi connectivity index (χ3n) is 4.95. The van der Waals surface area contributed by atoms with Gasteiger partial charge >= 0.3 is 0 Å². The first-order valence-corrected chi connectivity index (χ1v) is 11.9. The average Bonchev–Trinajstić information content (AvgIpc) is 3.29. The molecule has 0 atom stereocenters. The highest BCUT2D eigenvalue weighted by atomic mass is 32.2. The lowest BCUT2D eigenvalue weighted by Crippen LogP contribution is -2.35. The average molecular weight is 443 g/mol. The Bertz CT molecular complexity index is 1140. The van der Waals surface area contributed by atoms with Gasteiger partial charge in [0.05, 0.1) is 0 Å². The van der Waals surface area contributed by atoms with Gasteiger partial charge in [0.2, 0.25) is 0 Å². The molecule has 2 heterocycles. The smallest absolute Gasteiger partial charge is 0.262 e. The van der Waals surface area contributed by atoms with E-state index in [0.29, 0.717) is 35.2 Å². The predicted octanol–water partition coefficient (Wildman–Crippen LogP) is 3.82. The number of ether oxygens (including phenoxy) is 1. The number of benzene rings is 2. The van der Waals surface area contributed by atoms with Gasteiger partial charge in [0, 0.05) is 18.8 Å². The maximum absolute atomic E-state index is 12.8. The molecule has 1 amide bonds. The monoisotopic (exact) mass is 442 g/mol. The van der Waals surface area contributed by atoms with Gasteiger partial charge in [0.25, 0.3) is 15.9 Å². The number of hydrogen-bond donors (Lipinski definition) is 1. The summed E-state index contributed by atoms with van der Waals surface area (Å²) < 4.78 is 33.0. The van der Waals surface area contributed by atoms with Gasteiger partial charge in [0.15, 0.2) is 6.61 Å². The topological polar surface area (TPSA) is 75.7 Å². The third-order valence-corrected chi connectivity index (χ3v) is 8.17. The van der Waals surface area contributed by atoms with Crippen molar-refractivity contribution in [2.75, 3.05) is 18.5 Å². The van der Waals surface area contributed by atoms with Gasteiger partial charge in [-0.25, -0.2) is 8.42 Å². The Morgan fingerprint density at radius 1 is 1.13 bits per heavy atom. The Morgan fingerprint density at radius 3 is 2.67 bits per heavy atom. The number of hydrogen-bond acceptors (Lipinski definition) is 5. The summed E-state index contributed by atoms with van der Waals surface area (Å²) >= 11 is 1.22. The predicted molar refractivity (Wildman–Crippen MR) is 117 cm³/mol. The van der Waals surface area contributed by atoms with E-state index in [0.717, 1.165) is 16.7 Å². The van der Waals surface area contributed by atoms with Crippen LogP contribution >= 0.6 is 11.3 Å². The maximum atomic E-state index is 12.8. The molecule has 4 rings (SSSR count). The largest absolute Gasteiger partial charge is 0.484 e. The molecule has 1 aliphatic heterocycles. The number of carbonyl (C=O) groups excluding carboxylic acids is 1. The number of carbonyl (C=O) groups is 1. The van der Waals surface area contributed by atoms with Crippen LogP contribution in [0, 0.1) is 6.92 Å². The molecule has 1 N–H and O–H groups in total. The van der Waals surface area contributed by atoms with Crippen molar-refractivity contribution in [3.63, 3.8) is 0 Å². The summed E-state index contributed by atoms with van der Waals surface area (Å²) in [6.07, 6.45) is 0.644. The minimum Gasteiger partial charge on any atom is -0.484 e. The van der Waals surface area contributed by atoms with Crippen LogP contribution in [0.5, 0.6) is 5.75 Å².